The number of aryl methyl sites for hydroxylation is 1. The second kappa shape index (κ2) is 5.60. The maximum atomic E-state index is 5.78. The Labute approximate surface area is 112 Å². The molecule has 0 aromatic carbocycles. The van der Waals surface area contributed by atoms with Gasteiger partial charge in [0.1, 0.15) is 0 Å². The van der Waals surface area contributed by atoms with E-state index in [9.17, 15) is 0 Å². The first-order chi connectivity index (χ1) is 9.13. The average Bonchev–Trinajstić information content (AvgIpc) is 2.39. The van der Waals surface area contributed by atoms with Crippen LogP contribution in [-0.2, 0) is 0 Å². The number of nitrogen functional groups attached to an aromatic ring is 1. The van der Waals surface area contributed by atoms with Crippen LogP contribution in [0.4, 0.5) is 11.9 Å². The van der Waals surface area contributed by atoms with Gasteiger partial charge in [0.15, 0.2) is 5.82 Å². The Bertz CT molecular complexity index is 565. The van der Waals surface area contributed by atoms with Crippen LogP contribution >= 0.6 is 0 Å². The van der Waals surface area contributed by atoms with Gasteiger partial charge >= 0.3 is 0 Å². The molecule has 2 heterocycles. The fourth-order valence-electron chi connectivity index (χ4n) is 1.84. The molecule has 2 rings (SSSR count). The van der Waals surface area contributed by atoms with Crippen LogP contribution in [0.2, 0.25) is 0 Å². The van der Waals surface area contributed by atoms with E-state index in [0.717, 1.165) is 24.3 Å². The molecule has 100 valence electrons. The number of nitrogens with zero attached hydrogens (tertiary/aromatic N) is 5. The normalized spacial score (nSPS) is 10.5. The highest BCUT2D eigenvalue weighted by Crippen LogP contribution is 2.18. The summed E-state index contributed by atoms with van der Waals surface area (Å²) in [7, 11) is 0. The highest BCUT2D eigenvalue weighted by molar-refractivity contribution is 5.57. The Morgan fingerprint density at radius 2 is 1.89 bits per heavy atom. The predicted octanol–water partition coefficient (Wildman–Crippen LogP) is 1.67. The van der Waals surface area contributed by atoms with Crippen LogP contribution in [0.3, 0.4) is 0 Å². The molecular weight excluding hydrogens is 240 g/mol. The van der Waals surface area contributed by atoms with Crippen molar-refractivity contribution in [3.8, 4) is 11.4 Å². The van der Waals surface area contributed by atoms with Crippen molar-refractivity contribution >= 4 is 11.9 Å². The zero-order chi connectivity index (χ0) is 13.8. The van der Waals surface area contributed by atoms with Crippen LogP contribution in [0.15, 0.2) is 18.3 Å². The van der Waals surface area contributed by atoms with Gasteiger partial charge in [-0.15, -0.1) is 0 Å². The highest BCUT2D eigenvalue weighted by atomic mass is 15.3. The van der Waals surface area contributed by atoms with Crippen LogP contribution in [0, 0.1) is 6.92 Å². The third kappa shape index (κ3) is 2.96. The van der Waals surface area contributed by atoms with E-state index in [0.29, 0.717) is 11.8 Å². The summed E-state index contributed by atoms with van der Waals surface area (Å²) in [5.74, 6) is 1.43. The number of pyridine rings is 1. The Balaban J connectivity index is 2.47. The SMILES string of the molecule is CCN(CC)c1nc(N)nc(-c2ccnc(C)c2)n1. The molecule has 6 heteroatoms. The number of rotatable bonds is 4. The number of hydrogen-bond acceptors (Lipinski definition) is 6. The van der Waals surface area contributed by atoms with E-state index in [1.54, 1.807) is 6.20 Å². The summed E-state index contributed by atoms with van der Waals surface area (Å²) in [4.78, 5) is 19.1. The van der Waals surface area contributed by atoms with Crippen molar-refractivity contribution in [1.82, 2.24) is 19.9 Å². The van der Waals surface area contributed by atoms with Gasteiger partial charge in [-0.05, 0) is 32.9 Å². The van der Waals surface area contributed by atoms with E-state index in [2.05, 4.69) is 33.8 Å². The minimum absolute atomic E-state index is 0.237. The molecule has 0 radical (unpaired) electrons. The van der Waals surface area contributed by atoms with Crippen molar-refractivity contribution < 1.29 is 0 Å². The van der Waals surface area contributed by atoms with Crippen molar-refractivity contribution in [1.29, 1.82) is 0 Å². The van der Waals surface area contributed by atoms with Gasteiger partial charge in [0.2, 0.25) is 11.9 Å². The fraction of sp³-hybridized carbons (Fsp3) is 0.385. The molecule has 0 bridgehead atoms. The summed E-state index contributed by atoms with van der Waals surface area (Å²) in [5, 5.41) is 0. The molecule has 0 aliphatic carbocycles. The molecule has 0 unspecified atom stereocenters. The van der Waals surface area contributed by atoms with Gasteiger partial charge < -0.3 is 10.6 Å². The first-order valence-corrected chi connectivity index (χ1v) is 6.33. The largest absolute Gasteiger partial charge is 0.368 e. The van der Waals surface area contributed by atoms with Gasteiger partial charge in [-0.25, -0.2) is 0 Å². The van der Waals surface area contributed by atoms with Crippen LogP contribution in [0.5, 0.6) is 0 Å². The molecule has 2 aromatic heterocycles. The van der Waals surface area contributed by atoms with Crippen LogP contribution in [0.25, 0.3) is 11.4 Å². The lowest BCUT2D eigenvalue weighted by molar-refractivity contribution is 0.816. The standard InChI is InChI=1S/C13H18N6/c1-4-19(5-2)13-17-11(16-12(14)18-13)10-6-7-15-9(3)8-10/h6-8H,4-5H2,1-3H3,(H2,14,16,17,18). The number of anilines is 2. The fourth-order valence-corrected chi connectivity index (χ4v) is 1.84. The molecule has 19 heavy (non-hydrogen) atoms. The van der Waals surface area contributed by atoms with E-state index in [4.69, 9.17) is 5.73 Å². The van der Waals surface area contributed by atoms with Crippen molar-refractivity contribution in [3.05, 3.63) is 24.0 Å². The Morgan fingerprint density at radius 3 is 2.53 bits per heavy atom. The zero-order valence-corrected chi connectivity index (χ0v) is 11.5. The summed E-state index contributed by atoms with van der Waals surface area (Å²) in [6, 6.07) is 3.80. The number of nitrogens with two attached hydrogens (primary N) is 1. The summed E-state index contributed by atoms with van der Waals surface area (Å²) in [6.07, 6.45) is 1.74. The molecule has 6 nitrogen and oxygen atoms in total. The minimum Gasteiger partial charge on any atom is -0.368 e. The van der Waals surface area contributed by atoms with Gasteiger partial charge in [-0.3, -0.25) is 4.98 Å². The molecule has 0 aliphatic rings. The average molecular weight is 258 g/mol. The van der Waals surface area contributed by atoms with Gasteiger partial charge in [0.25, 0.3) is 0 Å². The molecule has 0 amide bonds. The molecule has 2 N–H and O–H groups in total. The number of hydrogen-bond donors (Lipinski definition) is 1. The van der Waals surface area contributed by atoms with Gasteiger partial charge in [-0.1, -0.05) is 0 Å². The van der Waals surface area contributed by atoms with Crippen molar-refractivity contribution in [2.45, 2.75) is 20.8 Å². The first-order valence-electron chi connectivity index (χ1n) is 6.33. The highest BCUT2D eigenvalue weighted by Gasteiger charge is 2.11. The van der Waals surface area contributed by atoms with E-state index in [1.807, 2.05) is 24.0 Å². The molecule has 0 saturated carbocycles. The molecule has 2 aromatic rings. The molecule has 0 spiro atoms. The molecule has 0 fully saturated rings. The lowest BCUT2D eigenvalue weighted by atomic mass is 10.2. The maximum Gasteiger partial charge on any atom is 0.230 e. The van der Waals surface area contributed by atoms with E-state index >= 15 is 0 Å². The van der Waals surface area contributed by atoms with Crippen LogP contribution in [0.1, 0.15) is 19.5 Å². The molecule has 0 atom stereocenters. The number of aromatic nitrogens is 4. The van der Waals surface area contributed by atoms with Crippen molar-refractivity contribution in [2.24, 2.45) is 0 Å². The molecule has 0 saturated heterocycles. The van der Waals surface area contributed by atoms with Gasteiger partial charge in [-0.2, -0.15) is 15.0 Å². The van der Waals surface area contributed by atoms with Crippen LogP contribution in [-0.4, -0.2) is 33.0 Å². The Morgan fingerprint density at radius 1 is 1.16 bits per heavy atom. The third-order valence-electron chi connectivity index (χ3n) is 2.84. The zero-order valence-electron chi connectivity index (χ0n) is 11.5. The summed E-state index contributed by atoms with van der Waals surface area (Å²) >= 11 is 0. The quantitative estimate of drug-likeness (QED) is 0.898. The summed E-state index contributed by atoms with van der Waals surface area (Å²) in [6.45, 7) is 7.70. The smallest absolute Gasteiger partial charge is 0.230 e. The second-order valence-corrected chi connectivity index (χ2v) is 4.18. The lowest BCUT2D eigenvalue weighted by Gasteiger charge is -2.18. The summed E-state index contributed by atoms with van der Waals surface area (Å²) < 4.78 is 0. The van der Waals surface area contributed by atoms with Gasteiger partial charge in [0, 0.05) is 30.5 Å². The second-order valence-electron chi connectivity index (χ2n) is 4.18. The third-order valence-corrected chi connectivity index (χ3v) is 2.84. The molecule has 0 aliphatic heterocycles. The Hall–Kier alpha value is -2.24. The van der Waals surface area contributed by atoms with Gasteiger partial charge in [0.05, 0.1) is 0 Å². The van der Waals surface area contributed by atoms with E-state index < -0.39 is 0 Å². The summed E-state index contributed by atoms with van der Waals surface area (Å²) in [5.41, 5.74) is 7.59. The van der Waals surface area contributed by atoms with Crippen LogP contribution < -0.4 is 10.6 Å². The van der Waals surface area contributed by atoms with E-state index in [-0.39, 0.29) is 5.95 Å². The lowest BCUT2D eigenvalue weighted by Crippen LogP contribution is -2.25. The Kier molecular flexibility index (Phi) is 3.89. The maximum absolute atomic E-state index is 5.78. The van der Waals surface area contributed by atoms with E-state index in [1.165, 1.54) is 0 Å². The topological polar surface area (TPSA) is 80.8 Å². The van der Waals surface area contributed by atoms with Crippen molar-refractivity contribution in [2.75, 3.05) is 23.7 Å². The van der Waals surface area contributed by atoms with Crippen molar-refractivity contribution in [3.63, 3.8) is 0 Å². The molecular formula is C13H18N6. The minimum atomic E-state index is 0.237. The first kappa shape index (κ1) is 13.2. The predicted molar refractivity (Wildman–Crippen MR) is 75.8 cm³/mol. The monoisotopic (exact) mass is 258 g/mol.